The van der Waals surface area contributed by atoms with Crippen molar-refractivity contribution in [2.75, 3.05) is 13.2 Å². The predicted molar refractivity (Wildman–Crippen MR) is 116 cm³/mol. The Balaban J connectivity index is 1.36. The van der Waals surface area contributed by atoms with E-state index in [2.05, 4.69) is 20.5 Å². The van der Waals surface area contributed by atoms with Crippen LogP contribution in [0.15, 0.2) is 24.7 Å². The average Bonchev–Trinajstić information content (AvgIpc) is 3.59. The number of hydrogen-bond donors (Lipinski definition) is 1. The lowest BCUT2D eigenvalue weighted by Gasteiger charge is -2.30. The number of ether oxygens (including phenoxy) is 1. The SMILES string of the molecule is O=C(N[C@H](C(=O)N1C[C@H](Cl)[C@H]2OCC(=O)[C@H]21)C1CCCC1)c1ncc(-c2ccnnc2)s1. The van der Waals surface area contributed by atoms with Crippen LogP contribution in [0.25, 0.3) is 10.4 Å². The number of rotatable bonds is 5. The molecule has 0 spiro atoms. The Kier molecular flexibility index (Phi) is 5.92. The topological polar surface area (TPSA) is 114 Å². The molecule has 2 aromatic rings. The van der Waals surface area contributed by atoms with Gasteiger partial charge in [-0.15, -0.1) is 22.9 Å². The first kappa shape index (κ1) is 21.4. The van der Waals surface area contributed by atoms with Crippen LogP contribution in [0.4, 0.5) is 0 Å². The molecule has 4 heterocycles. The van der Waals surface area contributed by atoms with E-state index in [4.69, 9.17) is 16.3 Å². The minimum Gasteiger partial charge on any atom is -0.366 e. The lowest BCUT2D eigenvalue weighted by molar-refractivity contribution is -0.139. The van der Waals surface area contributed by atoms with E-state index in [1.165, 1.54) is 16.2 Å². The Labute approximate surface area is 193 Å². The fourth-order valence-corrected chi connectivity index (χ4v) is 6.00. The van der Waals surface area contributed by atoms with Gasteiger partial charge in [-0.25, -0.2) is 4.98 Å². The standard InChI is InChI=1S/C21H22ClN5O4S/c22-13-9-27(17-14(28)10-31-18(13)17)21(30)16(11-3-1-2-4-11)26-19(29)20-23-8-15(32-20)12-5-6-24-25-7-12/h5-8,11,13,16-18H,1-4,9-10H2,(H,26,29)/t13-,16-,17+,18+/m0/s1. The van der Waals surface area contributed by atoms with Gasteiger partial charge < -0.3 is 15.0 Å². The zero-order valence-corrected chi connectivity index (χ0v) is 18.7. The predicted octanol–water partition coefficient (Wildman–Crippen LogP) is 1.67. The highest BCUT2D eigenvalue weighted by atomic mass is 35.5. The highest BCUT2D eigenvalue weighted by Gasteiger charge is 2.53. The zero-order valence-electron chi connectivity index (χ0n) is 17.1. The number of ketones is 1. The number of fused-ring (bicyclic) bond motifs is 1. The first-order valence-corrected chi connectivity index (χ1v) is 11.9. The van der Waals surface area contributed by atoms with Crippen molar-refractivity contribution in [2.24, 2.45) is 5.92 Å². The molecule has 2 aromatic heterocycles. The molecule has 2 aliphatic heterocycles. The highest BCUT2D eigenvalue weighted by Crippen LogP contribution is 2.34. The number of alkyl halides is 1. The van der Waals surface area contributed by atoms with Crippen LogP contribution in [0.5, 0.6) is 0 Å². The molecule has 0 radical (unpaired) electrons. The Morgan fingerprint density at radius 2 is 2.06 bits per heavy atom. The molecular formula is C21H22ClN5O4S. The molecule has 9 nitrogen and oxygen atoms in total. The van der Waals surface area contributed by atoms with Gasteiger partial charge in [0.2, 0.25) is 5.91 Å². The van der Waals surface area contributed by atoms with Gasteiger partial charge >= 0.3 is 0 Å². The maximum atomic E-state index is 13.6. The number of carbonyl (C=O) groups is 3. The number of aromatic nitrogens is 3. The molecule has 2 amide bonds. The quantitative estimate of drug-likeness (QED) is 0.654. The molecule has 0 bridgehead atoms. The third-order valence-electron chi connectivity index (χ3n) is 6.40. The lowest BCUT2D eigenvalue weighted by Crippen LogP contribution is -2.54. The van der Waals surface area contributed by atoms with Crippen LogP contribution < -0.4 is 5.32 Å². The molecule has 3 fully saturated rings. The van der Waals surface area contributed by atoms with Gasteiger partial charge in [-0.2, -0.15) is 10.2 Å². The number of nitrogens with zero attached hydrogens (tertiary/aromatic N) is 4. The first-order valence-electron chi connectivity index (χ1n) is 10.7. The van der Waals surface area contributed by atoms with Crippen molar-refractivity contribution >= 4 is 40.5 Å². The van der Waals surface area contributed by atoms with Crippen LogP contribution in [0.3, 0.4) is 0 Å². The molecule has 4 atom stereocenters. The van der Waals surface area contributed by atoms with Gasteiger partial charge in [0.15, 0.2) is 10.8 Å². The summed E-state index contributed by atoms with van der Waals surface area (Å²) in [5.74, 6) is -0.794. The van der Waals surface area contributed by atoms with E-state index >= 15 is 0 Å². The average molecular weight is 476 g/mol. The van der Waals surface area contributed by atoms with E-state index < -0.39 is 29.5 Å². The Morgan fingerprint density at radius 3 is 2.81 bits per heavy atom. The van der Waals surface area contributed by atoms with E-state index in [0.29, 0.717) is 0 Å². The van der Waals surface area contributed by atoms with E-state index in [1.807, 2.05) is 0 Å². The van der Waals surface area contributed by atoms with Gasteiger partial charge in [0.1, 0.15) is 24.8 Å². The summed E-state index contributed by atoms with van der Waals surface area (Å²) in [5.41, 5.74) is 0.816. The summed E-state index contributed by atoms with van der Waals surface area (Å²) in [6.07, 6.45) is 8.01. The molecule has 5 rings (SSSR count). The Bertz CT molecular complexity index is 1030. The molecule has 3 aliphatic rings. The third-order valence-corrected chi connectivity index (χ3v) is 7.83. The summed E-state index contributed by atoms with van der Waals surface area (Å²) >= 11 is 7.60. The summed E-state index contributed by atoms with van der Waals surface area (Å²) in [5, 5.41) is 10.4. The molecular weight excluding hydrogens is 454 g/mol. The molecule has 168 valence electrons. The first-order chi connectivity index (χ1) is 15.5. The maximum Gasteiger partial charge on any atom is 0.280 e. The van der Waals surface area contributed by atoms with Gasteiger partial charge in [0, 0.05) is 18.3 Å². The van der Waals surface area contributed by atoms with Gasteiger partial charge in [0.25, 0.3) is 5.91 Å². The van der Waals surface area contributed by atoms with E-state index in [1.54, 1.807) is 24.7 Å². The number of nitrogens with one attached hydrogen (secondary N) is 1. The fourth-order valence-electron chi connectivity index (χ4n) is 4.83. The second-order valence-corrected chi connectivity index (χ2v) is 9.94. The number of Topliss-reactive ketones (excluding diaryl/α,β-unsaturated/α-hetero) is 1. The van der Waals surface area contributed by atoms with Gasteiger partial charge in [-0.05, 0) is 24.8 Å². The molecule has 1 saturated carbocycles. The summed E-state index contributed by atoms with van der Waals surface area (Å²) in [6, 6.07) is 0.396. The summed E-state index contributed by atoms with van der Waals surface area (Å²) in [7, 11) is 0. The lowest BCUT2D eigenvalue weighted by atomic mass is 9.96. The Morgan fingerprint density at radius 1 is 1.25 bits per heavy atom. The fraction of sp³-hybridized carbons (Fsp3) is 0.524. The van der Waals surface area contributed by atoms with Crippen LogP contribution in [-0.2, 0) is 14.3 Å². The molecule has 2 saturated heterocycles. The number of carbonyl (C=O) groups excluding carboxylic acids is 3. The molecule has 0 unspecified atom stereocenters. The monoisotopic (exact) mass is 475 g/mol. The summed E-state index contributed by atoms with van der Waals surface area (Å²) in [4.78, 5) is 45.5. The number of hydrogen-bond acceptors (Lipinski definition) is 8. The van der Waals surface area contributed by atoms with Gasteiger partial charge in [-0.1, -0.05) is 12.8 Å². The van der Waals surface area contributed by atoms with Crippen LogP contribution in [0, 0.1) is 5.92 Å². The minimum absolute atomic E-state index is 0.0144. The highest BCUT2D eigenvalue weighted by molar-refractivity contribution is 7.16. The zero-order chi connectivity index (χ0) is 22.2. The maximum absolute atomic E-state index is 13.6. The Hall–Kier alpha value is -2.43. The minimum atomic E-state index is -0.726. The second kappa shape index (κ2) is 8.84. The number of likely N-dealkylation sites (tertiary alicyclic amines) is 1. The molecule has 1 N–H and O–H groups in total. The molecule has 1 aliphatic carbocycles. The van der Waals surface area contributed by atoms with E-state index in [-0.39, 0.29) is 35.8 Å². The molecule has 32 heavy (non-hydrogen) atoms. The third kappa shape index (κ3) is 3.91. The van der Waals surface area contributed by atoms with Gasteiger partial charge in [-0.3, -0.25) is 14.4 Å². The van der Waals surface area contributed by atoms with Crippen molar-refractivity contribution in [1.29, 1.82) is 0 Å². The van der Waals surface area contributed by atoms with Crippen LogP contribution in [-0.4, -0.2) is 74.4 Å². The number of thiazole rings is 1. The van der Waals surface area contributed by atoms with Crippen molar-refractivity contribution in [3.8, 4) is 10.4 Å². The van der Waals surface area contributed by atoms with E-state index in [0.717, 1.165) is 36.1 Å². The van der Waals surface area contributed by atoms with Gasteiger partial charge in [0.05, 0.1) is 22.6 Å². The number of amides is 2. The van der Waals surface area contributed by atoms with Crippen molar-refractivity contribution in [1.82, 2.24) is 25.4 Å². The largest absolute Gasteiger partial charge is 0.366 e. The summed E-state index contributed by atoms with van der Waals surface area (Å²) < 4.78 is 5.50. The normalized spacial score (nSPS) is 26.3. The van der Waals surface area contributed by atoms with Crippen molar-refractivity contribution in [3.63, 3.8) is 0 Å². The van der Waals surface area contributed by atoms with Crippen LogP contribution in [0.1, 0.15) is 35.5 Å². The van der Waals surface area contributed by atoms with Crippen LogP contribution >= 0.6 is 22.9 Å². The summed E-state index contributed by atoms with van der Waals surface area (Å²) in [6.45, 7) is 0.200. The molecule has 11 heteroatoms. The number of halogens is 1. The van der Waals surface area contributed by atoms with Crippen molar-refractivity contribution < 1.29 is 19.1 Å². The van der Waals surface area contributed by atoms with Crippen LogP contribution in [0.2, 0.25) is 0 Å². The second-order valence-electron chi connectivity index (χ2n) is 8.35. The van der Waals surface area contributed by atoms with Crippen molar-refractivity contribution in [3.05, 3.63) is 29.7 Å². The smallest absolute Gasteiger partial charge is 0.280 e. The van der Waals surface area contributed by atoms with E-state index in [9.17, 15) is 14.4 Å². The molecule has 0 aromatic carbocycles. The van der Waals surface area contributed by atoms with Crippen molar-refractivity contribution in [2.45, 2.75) is 49.2 Å².